The lowest BCUT2D eigenvalue weighted by molar-refractivity contribution is -0.140. The van der Waals surface area contributed by atoms with E-state index in [9.17, 15) is 14.7 Å². The largest absolute Gasteiger partial charge is 0.491 e. The minimum atomic E-state index is -0.663. The van der Waals surface area contributed by atoms with Crippen LogP contribution in [0, 0.1) is 0 Å². The lowest BCUT2D eigenvalue weighted by Crippen LogP contribution is -2.47. The fourth-order valence-corrected chi connectivity index (χ4v) is 2.76. The first-order chi connectivity index (χ1) is 14.1. The molecule has 0 aromatic heterocycles. The third kappa shape index (κ3) is 10.1. The van der Waals surface area contributed by atoms with Crippen LogP contribution in [-0.4, -0.2) is 87.8 Å². The van der Waals surface area contributed by atoms with Crippen LogP contribution in [0.4, 0.5) is 4.79 Å². The number of halogens is 1. The van der Waals surface area contributed by atoms with Crippen molar-refractivity contribution in [2.45, 2.75) is 18.9 Å². The molecule has 1 atom stereocenters. The van der Waals surface area contributed by atoms with Crippen molar-refractivity contribution in [3.05, 3.63) is 29.8 Å². The maximum Gasteiger partial charge on any atom is 0.317 e. The second-order valence-electron chi connectivity index (χ2n) is 6.72. The number of carbonyl (C=O) groups is 2. The molecule has 2 rings (SSSR count). The number of esters is 1. The number of hydrogen-bond donors (Lipinski definition) is 3. The Hall–Kier alpha value is -2.07. The number of methoxy groups -OCH3 is 1. The van der Waals surface area contributed by atoms with Crippen LogP contribution in [0.1, 0.15) is 12.0 Å². The molecule has 1 aromatic carbocycles. The Bertz CT molecular complexity index is 625. The highest BCUT2D eigenvalue weighted by atomic mass is 35.5. The number of aliphatic hydroxyl groups excluding tert-OH is 1. The van der Waals surface area contributed by atoms with Crippen molar-refractivity contribution >= 4 is 24.4 Å². The number of hydrogen-bond acceptors (Lipinski definition) is 7. The molecule has 1 heterocycles. The Morgan fingerprint density at radius 3 is 2.57 bits per heavy atom. The van der Waals surface area contributed by atoms with E-state index in [1.54, 1.807) is 4.90 Å². The third-order valence-electron chi connectivity index (χ3n) is 4.47. The SMILES string of the molecule is COC(=O)CCc1ccc(OC[C@@H](O)CNCCNC(=O)N2CCOCC2)cc1.Cl. The highest BCUT2D eigenvalue weighted by Crippen LogP contribution is 2.13. The monoisotopic (exact) mass is 445 g/mol. The number of nitrogens with one attached hydrogen (secondary N) is 2. The molecule has 1 aliphatic heterocycles. The predicted octanol–water partition coefficient (Wildman–Crippen LogP) is 0.585. The Kier molecular flexibility index (Phi) is 12.8. The summed E-state index contributed by atoms with van der Waals surface area (Å²) >= 11 is 0. The molecule has 1 aliphatic rings. The standard InChI is InChI=1S/C20H31N3O6.ClH/c1-27-19(25)7-4-16-2-5-18(6-3-16)29-15-17(24)14-21-8-9-22-20(26)23-10-12-28-13-11-23;/h2-3,5-6,17,21,24H,4,7-15H2,1H3,(H,22,26);1H/t17-;/m0./s1. The number of rotatable bonds is 11. The zero-order chi connectivity index (χ0) is 20.9. The molecule has 1 fully saturated rings. The maximum atomic E-state index is 11.9. The van der Waals surface area contributed by atoms with E-state index in [4.69, 9.17) is 9.47 Å². The zero-order valence-electron chi connectivity index (χ0n) is 17.3. The average Bonchev–Trinajstić information content (AvgIpc) is 2.76. The van der Waals surface area contributed by atoms with Crippen molar-refractivity contribution in [3.8, 4) is 5.75 Å². The Morgan fingerprint density at radius 2 is 1.90 bits per heavy atom. The van der Waals surface area contributed by atoms with Gasteiger partial charge in [0.25, 0.3) is 0 Å². The van der Waals surface area contributed by atoms with Crippen LogP contribution in [0.3, 0.4) is 0 Å². The van der Waals surface area contributed by atoms with E-state index in [1.165, 1.54) is 7.11 Å². The number of benzene rings is 1. The predicted molar refractivity (Wildman–Crippen MR) is 114 cm³/mol. The Balaban J connectivity index is 0.00000450. The van der Waals surface area contributed by atoms with Gasteiger partial charge in [-0.3, -0.25) is 4.79 Å². The molecular weight excluding hydrogens is 414 g/mol. The van der Waals surface area contributed by atoms with Gasteiger partial charge in [0.2, 0.25) is 0 Å². The van der Waals surface area contributed by atoms with Gasteiger partial charge in [-0.05, 0) is 24.1 Å². The van der Waals surface area contributed by atoms with Crippen LogP contribution >= 0.6 is 12.4 Å². The van der Waals surface area contributed by atoms with Gasteiger partial charge in [0.15, 0.2) is 0 Å². The fraction of sp³-hybridized carbons (Fsp3) is 0.600. The average molecular weight is 446 g/mol. The summed E-state index contributed by atoms with van der Waals surface area (Å²) in [6.45, 7) is 3.95. The molecule has 1 aromatic rings. The van der Waals surface area contributed by atoms with Gasteiger partial charge in [-0.1, -0.05) is 12.1 Å². The number of amides is 2. The molecule has 30 heavy (non-hydrogen) atoms. The van der Waals surface area contributed by atoms with Gasteiger partial charge >= 0.3 is 12.0 Å². The minimum absolute atomic E-state index is 0. The molecule has 0 radical (unpaired) electrons. The summed E-state index contributed by atoms with van der Waals surface area (Å²) in [5, 5.41) is 15.9. The first-order valence-electron chi connectivity index (χ1n) is 9.86. The van der Waals surface area contributed by atoms with Crippen molar-refractivity contribution in [1.29, 1.82) is 0 Å². The molecule has 0 bridgehead atoms. The van der Waals surface area contributed by atoms with E-state index in [0.29, 0.717) is 64.5 Å². The van der Waals surface area contributed by atoms with Crippen LogP contribution in [-0.2, 0) is 20.7 Å². The lowest BCUT2D eigenvalue weighted by atomic mass is 10.1. The van der Waals surface area contributed by atoms with Crippen LogP contribution in [0.2, 0.25) is 0 Å². The molecule has 2 amide bonds. The number of aryl methyl sites for hydroxylation is 1. The summed E-state index contributed by atoms with van der Waals surface area (Å²) in [4.78, 5) is 24.8. The van der Waals surface area contributed by atoms with E-state index >= 15 is 0 Å². The molecule has 9 nitrogen and oxygen atoms in total. The summed E-state index contributed by atoms with van der Waals surface area (Å²) in [7, 11) is 1.38. The van der Waals surface area contributed by atoms with Crippen LogP contribution in [0.15, 0.2) is 24.3 Å². The fourth-order valence-electron chi connectivity index (χ4n) is 2.76. The molecule has 0 unspecified atom stereocenters. The molecule has 0 spiro atoms. The van der Waals surface area contributed by atoms with Gasteiger partial charge in [-0.25, -0.2) is 4.79 Å². The van der Waals surface area contributed by atoms with Gasteiger partial charge in [0.05, 0.1) is 20.3 Å². The van der Waals surface area contributed by atoms with Crippen LogP contribution < -0.4 is 15.4 Å². The summed E-state index contributed by atoms with van der Waals surface area (Å²) in [6, 6.07) is 7.32. The first kappa shape index (κ1) is 26.0. The van der Waals surface area contributed by atoms with Crippen LogP contribution in [0.5, 0.6) is 5.75 Å². The number of urea groups is 1. The number of carbonyl (C=O) groups excluding carboxylic acids is 2. The van der Waals surface area contributed by atoms with Gasteiger partial charge in [0.1, 0.15) is 18.5 Å². The molecule has 10 heteroatoms. The highest BCUT2D eigenvalue weighted by Gasteiger charge is 2.15. The third-order valence-corrected chi connectivity index (χ3v) is 4.47. The Labute approximate surface area is 183 Å². The lowest BCUT2D eigenvalue weighted by Gasteiger charge is -2.27. The number of nitrogens with zero attached hydrogens (tertiary/aromatic N) is 1. The van der Waals surface area contributed by atoms with E-state index in [2.05, 4.69) is 15.4 Å². The smallest absolute Gasteiger partial charge is 0.317 e. The van der Waals surface area contributed by atoms with Crippen molar-refractivity contribution in [2.24, 2.45) is 0 Å². The molecule has 0 aliphatic carbocycles. The van der Waals surface area contributed by atoms with Gasteiger partial charge in [-0.2, -0.15) is 0 Å². The number of ether oxygens (including phenoxy) is 3. The molecule has 1 saturated heterocycles. The van der Waals surface area contributed by atoms with Gasteiger partial charge < -0.3 is 34.9 Å². The Morgan fingerprint density at radius 1 is 1.20 bits per heavy atom. The van der Waals surface area contributed by atoms with E-state index in [1.807, 2.05) is 24.3 Å². The van der Waals surface area contributed by atoms with Crippen molar-refractivity contribution in [3.63, 3.8) is 0 Å². The van der Waals surface area contributed by atoms with Crippen molar-refractivity contribution in [2.75, 3.05) is 59.7 Å². The summed E-state index contributed by atoms with van der Waals surface area (Å²) in [5.74, 6) is 0.422. The summed E-state index contributed by atoms with van der Waals surface area (Å²) in [6.07, 6.45) is 0.291. The summed E-state index contributed by atoms with van der Waals surface area (Å²) < 4.78 is 15.4. The molecule has 3 N–H and O–H groups in total. The molecule has 0 saturated carbocycles. The van der Waals surface area contributed by atoms with E-state index < -0.39 is 6.10 Å². The highest BCUT2D eigenvalue weighted by molar-refractivity contribution is 5.85. The van der Waals surface area contributed by atoms with Crippen molar-refractivity contribution in [1.82, 2.24) is 15.5 Å². The summed E-state index contributed by atoms with van der Waals surface area (Å²) in [5.41, 5.74) is 1.02. The number of morpholine rings is 1. The van der Waals surface area contributed by atoms with E-state index in [0.717, 1.165) is 5.56 Å². The van der Waals surface area contributed by atoms with Crippen LogP contribution in [0.25, 0.3) is 0 Å². The zero-order valence-corrected chi connectivity index (χ0v) is 18.1. The van der Waals surface area contributed by atoms with Crippen molar-refractivity contribution < 1.29 is 28.9 Å². The van der Waals surface area contributed by atoms with E-state index in [-0.39, 0.29) is 31.0 Å². The molecular formula is C20H32ClN3O6. The topological polar surface area (TPSA) is 109 Å². The molecule has 170 valence electrons. The van der Waals surface area contributed by atoms with Gasteiger partial charge in [-0.15, -0.1) is 12.4 Å². The maximum absolute atomic E-state index is 11.9. The quantitative estimate of drug-likeness (QED) is 0.337. The minimum Gasteiger partial charge on any atom is -0.491 e. The second-order valence-corrected chi connectivity index (χ2v) is 6.72. The normalized spacial score (nSPS) is 14.4. The first-order valence-corrected chi connectivity index (χ1v) is 9.86. The second kappa shape index (κ2) is 14.8. The number of aliphatic hydroxyl groups is 1. The van der Waals surface area contributed by atoms with Gasteiger partial charge in [0, 0.05) is 39.1 Å².